The molecule has 0 atom stereocenters. The highest BCUT2D eigenvalue weighted by molar-refractivity contribution is 7.92. The first-order valence-corrected chi connectivity index (χ1v) is 10.6. The summed E-state index contributed by atoms with van der Waals surface area (Å²) in [4.78, 5) is 19.0. The number of sulfonamides is 1. The molecule has 1 aromatic carbocycles. The van der Waals surface area contributed by atoms with Gasteiger partial charge in [-0.2, -0.15) is 0 Å². The SMILES string of the molecule is CS(=O)(=O)N1CCc2cc(C(=O)N3CCc4ncc(Cl)cc4C3)ccc21. The van der Waals surface area contributed by atoms with E-state index in [4.69, 9.17) is 11.6 Å². The molecule has 1 aromatic heterocycles. The van der Waals surface area contributed by atoms with Crippen LogP contribution in [0.4, 0.5) is 5.69 Å². The number of amides is 1. The van der Waals surface area contributed by atoms with Crippen LogP contribution in [0.2, 0.25) is 5.02 Å². The van der Waals surface area contributed by atoms with Crippen LogP contribution in [0.15, 0.2) is 30.5 Å². The largest absolute Gasteiger partial charge is 0.334 e. The molecule has 0 aliphatic carbocycles. The molecule has 0 N–H and O–H groups in total. The molecule has 6 nitrogen and oxygen atoms in total. The van der Waals surface area contributed by atoms with Crippen LogP contribution >= 0.6 is 11.6 Å². The third-order valence-electron chi connectivity index (χ3n) is 4.87. The van der Waals surface area contributed by atoms with Crippen LogP contribution < -0.4 is 4.31 Å². The second kappa shape index (κ2) is 6.25. The molecule has 136 valence electrons. The molecular formula is C18H18ClN3O3S. The van der Waals surface area contributed by atoms with Crippen molar-refractivity contribution in [1.82, 2.24) is 9.88 Å². The summed E-state index contributed by atoms with van der Waals surface area (Å²) < 4.78 is 25.1. The van der Waals surface area contributed by atoms with Gasteiger partial charge in [0.05, 0.1) is 17.0 Å². The molecule has 0 fully saturated rings. The van der Waals surface area contributed by atoms with Gasteiger partial charge in [-0.3, -0.25) is 14.1 Å². The second-order valence-corrected chi connectivity index (χ2v) is 9.01. The van der Waals surface area contributed by atoms with Gasteiger partial charge in [0.15, 0.2) is 0 Å². The van der Waals surface area contributed by atoms with Crippen LogP contribution in [0.1, 0.15) is 27.2 Å². The van der Waals surface area contributed by atoms with E-state index in [1.165, 1.54) is 10.6 Å². The van der Waals surface area contributed by atoms with Gasteiger partial charge in [-0.1, -0.05) is 11.6 Å². The third kappa shape index (κ3) is 3.05. The molecule has 0 spiro atoms. The molecule has 2 aromatic rings. The second-order valence-electron chi connectivity index (χ2n) is 6.66. The number of carbonyl (C=O) groups excluding carboxylic acids is 1. The van der Waals surface area contributed by atoms with E-state index in [-0.39, 0.29) is 5.91 Å². The molecular weight excluding hydrogens is 374 g/mol. The summed E-state index contributed by atoms with van der Waals surface area (Å²) in [7, 11) is -3.29. The fraction of sp³-hybridized carbons (Fsp3) is 0.333. The maximum Gasteiger partial charge on any atom is 0.254 e. The first-order valence-electron chi connectivity index (χ1n) is 8.36. The first kappa shape index (κ1) is 17.3. The Morgan fingerprint density at radius 1 is 1.15 bits per heavy atom. The molecule has 3 heterocycles. The van der Waals surface area contributed by atoms with Gasteiger partial charge >= 0.3 is 0 Å². The van der Waals surface area contributed by atoms with Crippen LogP contribution in [0.5, 0.6) is 0 Å². The van der Waals surface area contributed by atoms with Crippen molar-refractivity contribution in [2.24, 2.45) is 0 Å². The number of rotatable bonds is 2. The number of hydrogen-bond acceptors (Lipinski definition) is 4. The molecule has 8 heteroatoms. The van der Waals surface area contributed by atoms with Crippen molar-refractivity contribution in [3.05, 3.63) is 57.9 Å². The minimum atomic E-state index is -3.29. The van der Waals surface area contributed by atoms with E-state index in [1.807, 2.05) is 12.1 Å². The van der Waals surface area contributed by atoms with E-state index < -0.39 is 10.0 Å². The molecule has 0 saturated heterocycles. The molecule has 2 aliphatic rings. The fourth-order valence-electron chi connectivity index (χ4n) is 3.60. The lowest BCUT2D eigenvalue weighted by Crippen LogP contribution is -2.36. The van der Waals surface area contributed by atoms with E-state index in [0.717, 1.165) is 16.8 Å². The van der Waals surface area contributed by atoms with Gasteiger partial charge in [-0.25, -0.2) is 8.42 Å². The predicted octanol–water partition coefficient (Wildman–Crippen LogP) is 2.26. The van der Waals surface area contributed by atoms with Crippen LogP contribution in [-0.2, 0) is 29.4 Å². The Morgan fingerprint density at radius 2 is 1.96 bits per heavy atom. The van der Waals surface area contributed by atoms with Gasteiger partial charge in [-0.15, -0.1) is 0 Å². The van der Waals surface area contributed by atoms with Gasteiger partial charge in [0.1, 0.15) is 0 Å². The minimum Gasteiger partial charge on any atom is -0.334 e. The number of aromatic nitrogens is 1. The smallest absolute Gasteiger partial charge is 0.254 e. The van der Waals surface area contributed by atoms with Gasteiger partial charge < -0.3 is 4.90 Å². The van der Waals surface area contributed by atoms with Crippen LogP contribution in [0.3, 0.4) is 0 Å². The van der Waals surface area contributed by atoms with Gasteiger partial charge in [0.25, 0.3) is 5.91 Å². The standard InChI is InChI=1S/C18H18ClN3O3S/c1-26(24,25)22-7-4-12-8-13(2-3-17(12)22)18(23)21-6-5-16-14(11-21)9-15(19)10-20-16/h2-3,8-10H,4-7,11H2,1H3. The highest BCUT2D eigenvalue weighted by Gasteiger charge is 2.28. The number of hydrogen-bond donors (Lipinski definition) is 0. The molecule has 0 saturated carbocycles. The van der Waals surface area contributed by atoms with Crippen molar-refractivity contribution >= 4 is 33.2 Å². The van der Waals surface area contributed by atoms with Crippen molar-refractivity contribution in [2.45, 2.75) is 19.4 Å². The van der Waals surface area contributed by atoms with Crippen molar-refractivity contribution in [3.8, 4) is 0 Å². The van der Waals surface area contributed by atoms with E-state index in [2.05, 4.69) is 4.98 Å². The molecule has 4 rings (SSSR count). The number of pyridine rings is 1. The summed E-state index contributed by atoms with van der Waals surface area (Å²) in [5.41, 5.74) is 4.10. The summed E-state index contributed by atoms with van der Waals surface area (Å²) in [6.07, 6.45) is 4.15. The monoisotopic (exact) mass is 391 g/mol. The van der Waals surface area contributed by atoms with Crippen LogP contribution in [0.25, 0.3) is 0 Å². The van der Waals surface area contributed by atoms with Gasteiger partial charge in [0, 0.05) is 43.5 Å². The summed E-state index contributed by atoms with van der Waals surface area (Å²) in [6, 6.07) is 7.11. The molecule has 1 amide bonds. The number of benzene rings is 1. The molecule has 0 bridgehead atoms. The highest BCUT2D eigenvalue weighted by atomic mass is 35.5. The zero-order valence-corrected chi connectivity index (χ0v) is 15.8. The number of carbonyl (C=O) groups is 1. The molecule has 2 aliphatic heterocycles. The van der Waals surface area contributed by atoms with Crippen LogP contribution in [-0.4, -0.2) is 43.6 Å². The van der Waals surface area contributed by atoms with Gasteiger partial charge in [0.2, 0.25) is 10.0 Å². The zero-order valence-electron chi connectivity index (χ0n) is 14.3. The lowest BCUT2D eigenvalue weighted by atomic mass is 10.0. The van der Waals surface area contributed by atoms with Gasteiger partial charge in [-0.05, 0) is 41.8 Å². The fourth-order valence-corrected chi connectivity index (χ4v) is 4.74. The summed E-state index contributed by atoms with van der Waals surface area (Å²) in [5, 5.41) is 0.566. The average molecular weight is 392 g/mol. The van der Waals surface area contributed by atoms with E-state index in [0.29, 0.717) is 48.7 Å². The van der Waals surface area contributed by atoms with Crippen molar-refractivity contribution in [2.75, 3.05) is 23.7 Å². The topological polar surface area (TPSA) is 70.6 Å². The normalized spacial score (nSPS) is 16.4. The average Bonchev–Trinajstić information content (AvgIpc) is 3.03. The predicted molar refractivity (Wildman–Crippen MR) is 100 cm³/mol. The lowest BCUT2D eigenvalue weighted by Gasteiger charge is -2.28. The highest BCUT2D eigenvalue weighted by Crippen LogP contribution is 2.31. The Labute approximate surface area is 157 Å². The Balaban J connectivity index is 1.58. The quantitative estimate of drug-likeness (QED) is 0.787. The third-order valence-corrected chi connectivity index (χ3v) is 6.26. The number of anilines is 1. The molecule has 0 unspecified atom stereocenters. The molecule has 0 radical (unpaired) electrons. The Bertz CT molecular complexity index is 1010. The number of nitrogens with zero attached hydrogens (tertiary/aromatic N) is 3. The first-order chi connectivity index (χ1) is 12.3. The Hall–Kier alpha value is -2.12. The maximum atomic E-state index is 12.9. The number of fused-ring (bicyclic) bond motifs is 2. The van der Waals surface area contributed by atoms with Crippen LogP contribution in [0, 0.1) is 0 Å². The van der Waals surface area contributed by atoms with Crippen molar-refractivity contribution in [1.29, 1.82) is 0 Å². The van der Waals surface area contributed by atoms with E-state index in [1.54, 1.807) is 23.2 Å². The Morgan fingerprint density at radius 3 is 2.73 bits per heavy atom. The molecule has 26 heavy (non-hydrogen) atoms. The van der Waals surface area contributed by atoms with E-state index >= 15 is 0 Å². The minimum absolute atomic E-state index is 0.0590. The number of halogens is 1. The summed E-state index contributed by atoms with van der Waals surface area (Å²) in [5.74, 6) is -0.0590. The van der Waals surface area contributed by atoms with Crippen molar-refractivity contribution in [3.63, 3.8) is 0 Å². The zero-order chi connectivity index (χ0) is 18.5. The maximum absolute atomic E-state index is 12.9. The van der Waals surface area contributed by atoms with Crippen molar-refractivity contribution < 1.29 is 13.2 Å². The summed E-state index contributed by atoms with van der Waals surface area (Å²) >= 11 is 6.02. The Kier molecular flexibility index (Phi) is 4.16. The summed E-state index contributed by atoms with van der Waals surface area (Å²) in [6.45, 7) is 1.51. The van der Waals surface area contributed by atoms with E-state index in [9.17, 15) is 13.2 Å². The lowest BCUT2D eigenvalue weighted by molar-refractivity contribution is 0.0733.